The highest BCUT2D eigenvalue weighted by Crippen LogP contribution is 2.32. The number of nitrogens with one attached hydrogen (secondary N) is 1. The minimum atomic E-state index is -1.36. The Morgan fingerprint density at radius 1 is 1.45 bits per heavy atom. The molecule has 1 saturated heterocycles. The third-order valence-electron chi connectivity index (χ3n) is 3.03. The Balaban J connectivity index is 2.49. The summed E-state index contributed by atoms with van der Waals surface area (Å²) in [5.74, 6) is -1.60. The van der Waals surface area contributed by atoms with Crippen LogP contribution in [0.3, 0.4) is 0 Å². The fourth-order valence-corrected chi connectivity index (χ4v) is 2.16. The number of anilines is 1. The normalized spacial score (nSPS) is 15.4. The lowest BCUT2D eigenvalue weighted by Gasteiger charge is -2.21. The van der Waals surface area contributed by atoms with Crippen LogP contribution in [-0.4, -0.2) is 41.5 Å². The Hall–Kier alpha value is -2.64. The van der Waals surface area contributed by atoms with E-state index >= 15 is 0 Å². The minimum Gasteiger partial charge on any atom is -0.477 e. The predicted molar refractivity (Wildman–Crippen MR) is 69.9 cm³/mol. The van der Waals surface area contributed by atoms with Crippen molar-refractivity contribution in [1.29, 1.82) is 0 Å². The SMILES string of the molecule is O=C1CN(c2cccc(C(=O)O)c2[N+](=O)[O-])CCCN1. The van der Waals surface area contributed by atoms with Crippen molar-refractivity contribution in [2.24, 2.45) is 0 Å². The molecule has 0 atom stereocenters. The van der Waals surface area contributed by atoms with Gasteiger partial charge in [-0.25, -0.2) is 4.79 Å². The first-order chi connectivity index (χ1) is 9.50. The average Bonchev–Trinajstić information content (AvgIpc) is 2.62. The number of carboxylic acid groups (broad SMARTS) is 1. The van der Waals surface area contributed by atoms with Gasteiger partial charge in [0, 0.05) is 13.1 Å². The van der Waals surface area contributed by atoms with E-state index in [4.69, 9.17) is 5.11 Å². The van der Waals surface area contributed by atoms with Gasteiger partial charge in [0.15, 0.2) is 0 Å². The number of carbonyl (C=O) groups excluding carboxylic acids is 1. The number of aromatic carboxylic acids is 1. The molecule has 0 aromatic heterocycles. The van der Waals surface area contributed by atoms with Crippen molar-refractivity contribution in [3.05, 3.63) is 33.9 Å². The molecule has 1 aliphatic heterocycles. The molecule has 8 nitrogen and oxygen atoms in total. The largest absolute Gasteiger partial charge is 0.477 e. The molecule has 8 heteroatoms. The molecule has 106 valence electrons. The molecule has 0 saturated carbocycles. The van der Waals surface area contributed by atoms with Crippen molar-refractivity contribution in [2.45, 2.75) is 6.42 Å². The number of nitro benzene ring substituents is 1. The number of carboxylic acids is 1. The van der Waals surface area contributed by atoms with Crippen LogP contribution in [0.25, 0.3) is 0 Å². The summed E-state index contributed by atoms with van der Waals surface area (Å²) >= 11 is 0. The molecule has 0 spiro atoms. The van der Waals surface area contributed by atoms with Crippen LogP contribution >= 0.6 is 0 Å². The van der Waals surface area contributed by atoms with E-state index in [1.165, 1.54) is 23.1 Å². The van der Waals surface area contributed by atoms with Crippen LogP contribution in [0.15, 0.2) is 18.2 Å². The van der Waals surface area contributed by atoms with Gasteiger partial charge in [0.25, 0.3) is 0 Å². The van der Waals surface area contributed by atoms with Crippen LogP contribution in [0.1, 0.15) is 16.8 Å². The summed E-state index contributed by atoms with van der Waals surface area (Å²) in [6.07, 6.45) is 0.639. The third kappa shape index (κ3) is 2.68. The standard InChI is InChI=1S/C12H13N3O5/c16-10-7-14(6-2-5-13-10)9-4-1-3-8(12(17)18)11(9)15(19)20/h1,3-4H,2,5-7H2,(H,13,16)(H,17,18). The van der Waals surface area contributed by atoms with Crippen LogP contribution in [0.2, 0.25) is 0 Å². The molecule has 1 heterocycles. The summed E-state index contributed by atoms with van der Waals surface area (Å²) in [4.78, 5) is 34.6. The first-order valence-electron chi connectivity index (χ1n) is 6.03. The highest BCUT2D eigenvalue weighted by Gasteiger charge is 2.28. The molecule has 1 aliphatic rings. The molecule has 1 aromatic carbocycles. The third-order valence-corrected chi connectivity index (χ3v) is 3.03. The second-order valence-corrected chi connectivity index (χ2v) is 4.36. The lowest BCUT2D eigenvalue weighted by molar-refractivity contribution is -0.384. The quantitative estimate of drug-likeness (QED) is 0.619. The fraction of sp³-hybridized carbons (Fsp3) is 0.333. The van der Waals surface area contributed by atoms with Crippen molar-refractivity contribution in [3.63, 3.8) is 0 Å². The maximum Gasteiger partial charge on any atom is 0.342 e. The Kier molecular flexibility index (Phi) is 3.83. The molecule has 1 fully saturated rings. The lowest BCUT2D eigenvalue weighted by Crippen LogP contribution is -2.33. The lowest BCUT2D eigenvalue weighted by atomic mass is 10.1. The zero-order valence-electron chi connectivity index (χ0n) is 10.5. The van der Waals surface area contributed by atoms with Gasteiger partial charge < -0.3 is 15.3 Å². The maximum absolute atomic E-state index is 11.5. The number of nitrogens with zero attached hydrogens (tertiary/aromatic N) is 2. The van der Waals surface area contributed by atoms with E-state index in [9.17, 15) is 19.7 Å². The summed E-state index contributed by atoms with van der Waals surface area (Å²) in [5.41, 5.74) is -0.696. The molecule has 0 radical (unpaired) electrons. The summed E-state index contributed by atoms with van der Waals surface area (Å²) < 4.78 is 0. The number of hydrogen-bond acceptors (Lipinski definition) is 5. The number of benzene rings is 1. The van der Waals surface area contributed by atoms with E-state index in [0.717, 1.165) is 0 Å². The number of rotatable bonds is 3. The molecule has 1 aromatic rings. The highest BCUT2D eigenvalue weighted by atomic mass is 16.6. The van der Waals surface area contributed by atoms with Gasteiger partial charge in [-0.15, -0.1) is 0 Å². The molecule has 20 heavy (non-hydrogen) atoms. The predicted octanol–water partition coefficient (Wildman–Crippen LogP) is 0.619. The Bertz CT molecular complexity index is 572. The maximum atomic E-state index is 11.5. The number of carbonyl (C=O) groups is 2. The van der Waals surface area contributed by atoms with Gasteiger partial charge in [-0.1, -0.05) is 6.07 Å². The second kappa shape index (κ2) is 5.55. The van der Waals surface area contributed by atoms with E-state index < -0.39 is 16.6 Å². The molecular formula is C12H13N3O5. The van der Waals surface area contributed by atoms with Gasteiger partial charge in [-0.05, 0) is 18.6 Å². The van der Waals surface area contributed by atoms with Crippen molar-refractivity contribution in [1.82, 2.24) is 5.32 Å². The summed E-state index contributed by atoms with van der Waals surface area (Å²) in [7, 11) is 0. The minimum absolute atomic E-state index is 0.0239. The molecule has 0 unspecified atom stereocenters. The Labute approximate surface area is 114 Å². The summed E-state index contributed by atoms with van der Waals surface area (Å²) in [5, 5.41) is 22.9. The van der Waals surface area contributed by atoms with Gasteiger partial charge in [0.1, 0.15) is 11.3 Å². The van der Waals surface area contributed by atoms with Gasteiger partial charge in [-0.2, -0.15) is 0 Å². The molecule has 0 bridgehead atoms. The van der Waals surface area contributed by atoms with Crippen molar-refractivity contribution >= 4 is 23.3 Å². The van der Waals surface area contributed by atoms with E-state index in [0.29, 0.717) is 19.5 Å². The van der Waals surface area contributed by atoms with E-state index in [-0.39, 0.29) is 23.7 Å². The van der Waals surface area contributed by atoms with Crippen LogP contribution in [0.5, 0.6) is 0 Å². The van der Waals surface area contributed by atoms with Crippen LogP contribution < -0.4 is 10.2 Å². The van der Waals surface area contributed by atoms with Crippen molar-refractivity contribution in [3.8, 4) is 0 Å². The zero-order chi connectivity index (χ0) is 14.7. The summed E-state index contributed by atoms with van der Waals surface area (Å²) in [6, 6.07) is 4.08. The van der Waals surface area contributed by atoms with E-state index in [2.05, 4.69) is 5.32 Å². The van der Waals surface area contributed by atoms with Crippen LogP contribution in [0, 0.1) is 10.1 Å². The molecule has 1 amide bonds. The fourth-order valence-electron chi connectivity index (χ4n) is 2.16. The summed E-state index contributed by atoms with van der Waals surface area (Å²) in [6.45, 7) is 0.925. The first-order valence-corrected chi connectivity index (χ1v) is 6.03. The van der Waals surface area contributed by atoms with E-state index in [1.807, 2.05) is 0 Å². The Morgan fingerprint density at radius 2 is 2.20 bits per heavy atom. The smallest absolute Gasteiger partial charge is 0.342 e. The average molecular weight is 279 g/mol. The van der Waals surface area contributed by atoms with Crippen LogP contribution in [0.4, 0.5) is 11.4 Å². The van der Waals surface area contributed by atoms with Crippen molar-refractivity contribution in [2.75, 3.05) is 24.5 Å². The number of nitro groups is 1. The zero-order valence-corrected chi connectivity index (χ0v) is 10.5. The second-order valence-electron chi connectivity index (χ2n) is 4.36. The van der Waals surface area contributed by atoms with Gasteiger partial charge in [0.2, 0.25) is 5.91 Å². The topological polar surface area (TPSA) is 113 Å². The molecular weight excluding hydrogens is 266 g/mol. The molecule has 2 N–H and O–H groups in total. The van der Waals surface area contributed by atoms with Gasteiger partial charge >= 0.3 is 11.7 Å². The number of para-hydroxylation sites is 1. The van der Waals surface area contributed by atoms with Gasteiger partial charge in [0.05, 0.1) is 11.5 Å². The van der Waals surface area contributed by atoms with Crippen LogP contribution in [-0.2, 0) is 4.79 Å². The number of amides is 1. The van der Waals surface area contributed by atoms with E-state index in [1.54, 1.807) is 0 Å². The molecule has 2 rings (SSSR count). The number of hydrogen-bond donors (Lipinski definition) is 2. The van der Waals surface area contributed by atoms with Crippen molar-refractivity contribution < 1.29 is 19.6 Å². The highest BCUT2D eigenvalue weighted by molar-refractivity contribution is 5.96. The van der Waals surface area contributed by atoms with Gasteiger partial charge in [-0.3, -0.25) is 14.9 Å². The molecule has 0 aliphatic carbocycles. The first kappa shape index (κ1) is 13.8. The monoisotopic (exact) mass is 279 g/mol. The Morgan fingerprint density at radius 3 is 2.85 bits per heavy atom.